The van der Waals surface area contributed by atoms with E-state index >= 15 is 0 Å². The van der Waals surface area contributed by atoms with Crippen LogP contribution in [0.4, 0.5) is 5.69 Å². The number of carbonyl (C=O) groups excluding carboxylic acids is 1. The SMILES string of the molecule is CCOc1cncc(-c2cnc(C(=O)N3CCN(C)CC3c3cc(NS(=O)(=O)C4CC4)ccn3)s2)n1. The van der Waals surface area contributed by atoms with Gasteiger partial charge < -0.3 is 14.5 Å². The summed E-state index contributed by atoms with van der Waals surface area (Å²) in [5.41, 5.74) is 1.67. The molecule has 3 aromatic heterocycles. The third-order valence-corrected chi connectivity index (χ3v) is 8.91. The summed E-state index contributed by atoms with van der Waals surface area (Å²) in [5.74, 6) is 0.211. The van der Waals surface area contributed by atoms with E-state index in [4.69, 9.17) is 4.74 Å². The summed E-state index contributed by atoms with van der Waals surface area (Å²) in [7, 11) is -1.41. The van der Waals surface area contributed by atoms with Gasteiger partial charge in [0.1, 0.15) is 5.69 Å². The number of thiazole rings is 1. The average Bonchev–Trinajstić information content (AvgIpc) is 3.62. The van der Waals surface area contributed by atoms with Crippen LogP contribution in [-0.2, 0) is 10.0 Å². The number of hydrogen-bond acceptors (Lipinski definition) is 10. The second-order valence-electron chi connectivity index (χ2n) is 8.80. The van der Waals surface area contributed by atoms with Gasteiger partial charge in [-0.1, -0.05) is 0 Å². The van der Waals surface area contributed by atoms with E-state index in [1.807, 2.05) is 14.0 Å². The van der Waals surface area contributed by atoms with Crippen LogP contribution < -0.4 is 9.46 Å². The second kappa shape index (κ2) is 10.1. The minimum absolute atomic E-state index is 0.205. The number of hydrogen-bond donors (Lipinski definition) is 1. The Bertz CT molecular complexity index is 1360. The zero-order valence-electron chi connectivity index (χ0n) is 20.0. The van der Waals surface area contributed by atoms with Gasteiger partial charge in [0.05, 0.1) is 46.6 Å². The first kappa shape index (κ1) is 24.5. The fraction of sp³-hybridized carbons (Fsp3) is 0.435. The van der Waals surface area contributed by atoms with Crippen LogP contribution in [0.1, 0.15) is 41.3 Å². The van der Waals surface area contributed by atoms with Gasteiger partial charge in [0.2, 0.25) is 15.9 Å². The number of likely N-dealkylation sites (N-methyl/N-ethyl adjacent to an activating group) is 1. The Kier molecular flexibility index (Phi) is 6.86. The Labute approximate surface area is 213 Å². The third-order valence-electron chi connectivity index (χ3n) is 6.04. The molecule has 5 rings (SSSR count). The first-order valence-electron chi connectivity index (χ1n) is 11.7. The number of amides is 1. The van der Waals surface area contributed by atoms with Crippen LogP contribution in [-0.4, -0.2) is 82.6 Å². The van der Waals surface area contributed by atoms with Crippen LogP contribution in [0.5, 0.6) is 5.88 Å². The maximum Gasteiger partial charge on any atom is 0.283 e. The molecule has 1 N–H and O–H groups in total. The topological polar surface area (TPSA) is 131 Å². The first-order chi connectivity index (χ1) is 17.3. The van der Waals surface area contributed by atoms with Crippen molar-refractivity contribution in [2.24, 2.45) is 0 Å². The number of anilines is 1. The van der Waals surface area contributed by atoms with Crippen molar-refractivity contribution in [3.8, 4) is 16.5 Å². The van der Waals surface area contributed by atoms with Crippen LogP contribution in [0, 0.1) is 0 Å². The lowest BCUT2D eigenvalue weighted by molar-refractivity contribution is 0.0490. The normalized spacial score (nSPS) is 18.7. The van der Waals surface area contributed by atoms with E-state index in [0.29, 0.717) is 71.9 Å². The molecule has 0 aromatic carbocycles. The molecule has 1 aliphatic carbocycles. The van der Waals surface area contributed by atoms with Gasteiger partial charge in [-0.3, -0.25) is 19.5 Å². The molecule has 1 unspecified atom stereocenters. The molecule has 0 bridgehead atoms. The summed E-state index contributed by atoms with van der Waals surface area (Å²) < 4.78 is 32.9. The summed E-state index contributed by atoms with van der Waals surface area (Å²) in [4.78, 5) is 35.6. The fourth-order valence-corrected chi connectivity index (χ4v) is 6.24. The van der Waals surface area contributed by atoms with Gasteiger partial charge in [0.25, 0.3) is 5.91 Å². The van der Waals surface area contributed by atoms with Crippen molar-refractivity contribution in [3.05, 3.63) is 47.6 Å². The second-order valence-corrected chi connectivity index (χ2v) is 11.8. The predicted molar refractivity (Wildman–Crippen MR) is 135 cm³/mol. The zero-order chi connectivity index (χ0) is 25.3. The van der Waals surface area contributed by atoms with Gasteiger partial charge in [-0.25, -0.2) is 18.4 Å². The van der Waals surface area contributed by atoms with Gasteiger partial charge in [-0.15, -0.1) is 11.3 Å². The number of carbonyl (C=O) groups is 1. The van der Waals surface area contributed by atoms with Crippen LogP contribution in [0.2, 0.25) is 0 Å². The van der Waals surface area contributed by atoms with Gasteiger partial charge in [0, 0.05) is 32.0 Å². The number of rotatable bonds is 8. The lowest BCUT2D eigenvalue weighted by Crippen LogP contribution is -2.49. The molecule has 2 fully saturated rings. The molecule has 1 saturated carbocycles. The van der Waals surface area contributed by atoms with Crippen molar-refractivity contribution < 1.29 is 17.9 Å². The molecule has 190 valence electrons. The van der Waals surface area contributed by atoms with Crippen LogP contribution in [0.25, 0.3) is 10.6 Å². The Hall–Kier alpha value is -3.16. The Morgan fingerprint density at radius 3 is 2.83 bits per heavy atom. The quantitative estimate of drug-likeness (QED) is 0.467. The highest BCUT2D eigenvalue weighted by Gasteiger charge is 2.36. The number of pyridine rings is 1. The molecule has 2 aliphatic rings. The standard InChI is InChI=1S/C23H27N7O4S2/c1-3-34-21-13-24-11-18(27-21)20-12-26-22(35-20)23(31)30-9-8-29(2)14-19(30)17-10-15(6-7-25-17)28-36(32,33)16-4-5-16/h6-7,10-13,16,19H,3-5,8-9,14H2,1-2H3,(H,25,28). The van der Waals surface area contributed by atoms with E-state index in [1.165, 1.54) is 11.3 Å². The van der Waals surface area contributed by atoms with Crippen molar-refractivity contribution in [2.45, 2.75) is 31.1 Å². The number of sulfonamides is 1. The molecule has 11 nitrogen and oxygen atoms in total. The van der Waals surface area contributed by atoms with Gasteiger partial charge in [-0.2, -0.15) is 0 Å². The predicted octanol–water partition coefficient (Wildman–Crippen LogP) is 2.43. The smallest absolute Gasteiger partial charge is 0.283 e. The molecule has 0 spiro atoms. The van der Waals surface area contributed by atoms with Crippen molar-refractivity contribution in [3.63, 3.8) is 0 Å². The number of aromatic nitrogens is 4. The molecule has 13 heteroatoms. The van der Waals surface area contributed by atoms with E-state index < -0.39 is 10.0 Å². The summed E-state index contributed by atoms with van der Waals surface area (Å²) in [6.07, 6.45) is 7.71. The first-order valence-corrected chi connectivity index (χ1v) is 14.1. The van der Waals surface area contributed by atoms with Crippen molar-refractivity contribution in [1.82, 2.24) is 29.7 Å². The minimum atomic E-state index is -3.40. The lowest BCUT2D eigenvalue weighted by Gasteiger charge is -2.39. The van der Waals surface area contributed by atoms with E-state index in [2.05, 4.69) is 29.6 Å². The maximum atomic E-state index is 13.6. The van der Waals surface area contributed by atoms with E-state index in [1.54, 1.807) is 41.8 Å². The summed E-state index contributed by atoms with van der Waals surface area (Å²) in [6.45, 7) is 4.12. The number of piperazine rings is 1. The van der Waals surface area contributed by atoms with E-state index in [0.717, 1.165) is 0 Å². The Balaban J connectivity index is 1.38. The highest BCUT2D eigenvalue weighted by atomic mass is 32.2. The van der Waals surface area contributed by atoms with Crippen molar-refractivity contribution in [1.29, 1.82) is 0 Å². The number of ether oxygens (including phenoxy) is 1. The fourth-order valence-electron chi connectivity index (χ4n) is 4.03. The zero-order valence-corrected chi connectivity index (χ0v) is 21.6. The highest BCUT2D eigenvalue weighted by Crippen LogP contribution is 2.32. The largest absolute Gasteiger partial charge is 0.477 e. The van der Waals surface area contributed by atoms with Crippen molar-refractivity contribution in [2.75, 3.05) is 38.0 Å². The van der Waals surface area contributed by atoms with Crippen LogP contribution in [0.3, 0.4) is 0 Å². The van der Waals surface area contributed by atoms with Crippen LogP contribution in [0.15, 0.2) is 36.9 Å². The Morgan fingerprint density at radius 1 is 1.22 bits per heavy atom. The average molecular weight is 530 g/mol. The monoisotopic (exact) mass is 529 g/mol. The molecule has 4 heterocycles. The summed E-state index contributed by atoms with van der Waals surface area (Å²) in [5, 5.41) is 0.0137. The molecule has 36 heavy (non-hydrogen) atoms. The summed E-state index contributed by atoms with van der Waals surface area (Å²) >= 11 is 1.25. The Morgan fingerprint density at radius 2 is 2.06 bits per heavy atom. The number of nitrogens with zero attached hydrogens (tertiary/aromatic N) is 6. The lowest BCUT2D eigenvalue weighted by atomic mass is 10.1. The van der Waals surface area contributed by atoms with E-state index in [-0.39, 0.29) is 17.2 Å². The molecular formula is C23H27N7O4S2. The molecule has 3 aromatic rings. The maximum absolute atomic E-state index is 13.6. The molecule has 1 atom stereocenters. The molecule has 1 saturated heterocycles. The molecule has 1 amide bonds. The molecule has 1 aliphatic heterocycles. The summed E-state index contributed by atoms with van der Waals surface area (Å²) in [6, 6.07) is 2.99. The van der Waals surface area contributed by atoms with Crippen molar-refractivity contribution >= 4 is 33.0 Å². The van der Waals surface area contributed by atoms with E-state index in [9.17, 15) is 13.2 Å². The van der Waals surface area contributed by atoms with Gasteiger partial charge >= 0.3 is 0 Å². The van der Waals surface area contributed by atoms with Crippen LogP contribution >= 0.6 is 11.3 Å². The van der Waals surface area contributed by atoms with Gasteiger partial charge in [-0.05, 0) is 38.9 Å². The third kappa shape index (κ3) is 5.32. The van der Waals surface area contributed by atoms with Gasteiger partial charge in [0.15, 0.2) is 5.01 Å². The number of nitrogens with one attached hydrogen (secondary N) is 1. The minimum Gasteiger partial charge on any atom is -0.477 e. The molecular weight excluding hydrogens is 502 g/mol. The highest BCUT2D eigenvalue weighted by molar-refractivity contribution is 7.93. The molecule has 0 radical (unpaired) electrons.